The van der Waals surface area contributed by atoms with Gasteiger partial charge in [0.1, 0.15) is 5.88 Å². The molecule has 1 aromatic heterocycles. The Balaban J connectivity index is 3.01. The summed E-state index contributed by atoms with van der Waals surface area (Å²) in [6, 6.07) is 0. The minimum absolute atomic E-state index is 0.0461. The molecule has 0 N–H and O–H groups in total. The summed E-state index contributed by atoms with van der Waals surface area (Å²) in [5, 5.41) is 4.00. The van der Waals surface area contributed by atoms with Crippen molar-refractivity contribution in [3.63, 3.8) is 0 Å². The average molecular weight is 229 g/mol. The molecule has 0 fully saturated rings. The van der Waals surface area contributed by atoms with Crippen LogP contribution in [0.2, 0.25) is 0 Å². The van der Waals surface area contributed by atoms with E-state index in [9.17, 15) is 0 Å². The third-order valence-electron chi connectivity index (χ3n) is 2.95. The molecule has 0 aromatic carbocycles. The number of halogens is 1. The van der Waals surface area contributed by atoms with Crippen LogP contribution in [-0.2, 0) is 11.3 Å². The molecule has 3 nitrogen and oxygen atoms in total. The second kappa shape index (κ2) is 5.31. The Bertz CT molecular complexity index is 318. The van der Waals surface area contributed by atoms with Crippen molar-refractivity contribution in [3.8, 4) is 0 Å². The van der Waals surface area contributed by atoms with Crippen LogP contribution in [0.1, 0.15) is 44.8 Å². The van der Waals surface area contributed by atoms with Gasteiger partial charge in [-0.05, 0) is 19.3 Å². The van der Waals surface area contributed by atoms with E-state index in [2.05, 4.69) is 30.6 Å². The first-order valence-electron chi connectivity index (χ1n) is 5.22. The normalized spacial score (nSPS) is 11.7. The van der Waals surface area contributed by atoms with E-state index in [0.29, 0.717) is 5.89 Å². The largest absolute Gasteiger partial charge is 0.338 e. The molecule has 0 saturated heterocycles. The molecular formula is C11H17ClN2O. The molecule has 1 heterocycles. The smallest absolute Gasteiger partial charge is 0.241 e. The van der Waals surface area contributed by atoms with Gasteiger partial charge in [0.05, 0.1) is 0 Å². The highest BCUT2D eigenvalue weighted by Gasteiger charge is 2.32. The molecule has 1 aromatic rings. The summed E-state index contributed by atoms with van der Waals surface area (Å²) in [6.07, 6.45) is 4.71. The summed E-state index contributed by atoms with van der Waals surface area (Å²) < 4.78 is 5.04. The maximum atomic E-state index is 5.64. The molecular weight excluding hydrogens is 212 g/mol. The van der Waals surface area contributed by atoms with Gasteiger partial charge in [-0.25, -0.2) is 0 Å². The molecule has 0 aliphatic carbocycles. The number of alkyl halides is 1. The molecule has 84 valence electrons. The van der Waals surface area contributed by atoms with Crippen LogP contribution in [0.25, 0.3) is 0 Å². The Hall–Kier alpha value is -0.830. The first kappa shape index (κ1) is 12.2. The van der Waals surface area contributed by atoms with Gasteiger partial charge in [-0.15, -0.1) is 18.2 Å². The highest BCUT2D eigenvalue weighted by Crippen LogP contribution is 2.33. The lowest BCUT2D eigenvalue weighted by Crippen LogP contribution is -2.25. The van der Waals surface area contributed by atoms with Crippen LogP contribution in [0.3, 0.4) is 0 Å². The predicted octanol–water partition coefficient (Wildman–Crippen LogP) is 3.44. The third kappa shape index (κ3) is 2.40. The first-order valence-corrected chi connectivity index (χ1v) is 5.75. The van der Waals surface area contributed by atoms with Crippen molar-refractivity contribution in [2.45, 2.75) is 44.4 Å². The number of nitrogens with zero attached hydrogens (tertiary/aromatic N) is 2. The van der Waals surface area contributed by atoms with Gasteiger partial charge in [0.2, 0.25) is 5.89 Å². The Morgan fingerprint density at radius 2 is 2.13 bits per heavy atom. The second-order valence-corrected chi connectivity index (χ2v) is 3.89. The highest BCUT2D eigenvalue weighted by molar-refractivity contribution is 6.16. The predicted molar refractivity (Wildman–Crippen MR) is 60.9 cm³/mol. The van der Waals surface area contributed by atoms with E-state index < -0.39 is 0 Å². The fourth-order valence-corrected chi connectivity index (χ4v) is 1.86. The monoisotopic (exact) mass is 228 g/mol. The van der Waals surface area contributed by atoms with E-state index in [-0.39, 0.29) is 11.3 Å². The Labute approximate surface area is 95.5 Å². The number of rotatable bonds is 6. The maximum Gasteiger partial charge on any atom is 0.241 e. The molecule has 0 saturated carbocycles. The number of allylic oxidation sites excluding steroid dienone is 1. The summed E-state index contributed by atoms with van der Waals surface area (Å²) in [5.74, 6) is 1.51. The van der Waals surface area contributed by atoms with Crippen molar-refractivity contribution in [2.24, 2.45) is 0 Å². The lowest BCUT2D eigenvalue weighted by Gasteiger charge is -2.26. The quantitative estimate of drug-likeness (QED) is 0.553. The van der Waals surface area contributed by atoms with Crippen LogP contribution in [0.15, 0.2) is 17.2 Å². The minimum atomic E-state index is -0.0461. The molecule has 0 unspecified atom stereocenters. The van der Waals surface area contributed by atoms with Gasteiger partial charge in [0.15, 0.2) is 5.82 Å². The van der Waals surface area contributed by atoms with Crippen LogP contribution < -0.4 is 0 Å². The lowest BCUT2D eigenvalue weighted by atomic mass is 9.78. The standard InChI is InChI=1S/C11H17ClN2O/c1-4-7-11(5-2,6-3)10-13-9(8-12)15-14-10/h4H,1,5-8H2,2-3H3. The number of hydrogen-bond donors (Lipinski definition) is 0. The molecule has 15 heavy (non-hydrogen) atoms. The van der Waals surface area contributed by atoms with Gasteiger partial charge in [-0.2, -0.15) is 4.98 Å². The lowest BCUT2D eigenvalue weighted by molar-refractivity contribution is 0.334. The molecule has 0 aliphatic rings. The van der Waals surface area contributed by atoms with Crippen molar-refractivity contribution in [1.82, 2.24) is 10.1 Å². The van der Waals surface area contributed by atoms with E-state index in [0.717, 1.165) is 25.1 Å². The van der Waals surface area contributed by atoms with Crippen molar-refractivity contribution in [1.29, 1.82) is 0 Å². The molecule has 1 rings (SSSR count). The SMILES string of the molecule is C=CCC(CC)(CC)c1noc(CCl)n1. The molecule has 0 spiro atoms. The van der Waals surface area contributed by atoms with Crippen LogP contribution in [0.5, 0.6) is 0 Å². The first-order chi connectivity index (χ1) is 7.22. The maximum absolute atomic E-state index is 5.64. The van der Waals surface area contributed by atoms with Gasteiger partial charge in [0, 0.05) is 5.41 Å². The Kier molecular flexibility index (Phi) is 4.33. The van der Waals surface area contributed by atoms with Crippen LogP contribution in [-0.4, -0.2) is 10.1 Å². The van der Waals surface area contributed by atoms with Crippen LogP contribution in [0, 0.1) is 0 Å². The zero-order valence-corrected chi connectivity index (χ0v) is 10.0. The highest BCUT2D eigenvalue weighted by atomic mass is 35.5. The van der Waals surface area contributed by atoms with Crippen LogP contribution >= 0.6 is 11.6 Å². The average Bonchev–Trinajstić information content (AvgIpc) is 2.75. The summed E-state index contributed by atoms with van der Waals surface area (Å²) >= 11 is 5.64. The molecule has 0 atom stereocenters. The van der Waals surface area contributed by atoms with Crippen molar-refractivity contribution in [3.05, 3.63) is 24.4 Å². The summed E-state index contributed by atoms with van der Waals surface area (Å²) in [7, 11) is 0. The topological polar surface area (TPSA) is 38.9 Å². The molecule has 4 heteroatoms. The van der Waals surface area contributed by atoms with E-state index in [1.54, 1.807) is 0 Å². The van der Waals surface area contributed by atoms with Crippen molar-refractivity contribution >= 4 is 11.6 Å². The van der Waals surface area contributed by atoms with Crippen LogP contribution in [0.4, 0.5) is 0 Å². The summed E-state index contributed by atoms with van der Waals surface area (Å²) in [5.41, 5.74) is -0.0461. The second-order valence-electron chi connectivity index (χ2n) is 3.63. The zero-order chi connectivity index (χ0) is 11.3. The minimum Gasteiger partial charge on any atom is -0.338 e. The number of aromatic nitrogens is 2. The summed E-state index contributed by atoms with van der Waals surface area (Å²) in [6.45, 7) is 8.04. The zero-order valence-electron chi connectivity index (χ0n) is 9.29. The van der Waals surface area contributed by atoms with Crippen molar-refractivity contribution in [2.75, 3.05) is 0 Å². The Morgan fingerprint density at radius 3 is 2.53 bits per heavy atom. The molecule has 0 amide bonds. The number of hydrogen-bond acceptors (Lipinski definition) is 3. The van der Waals surface area contributed by atoms with E-state index in [1.165, 1.54) is 0 Å². The van der Waals surface area contributed by atoms with Gasteiger partial charge in [-0.1, -0.05) is 25.1 Å². The fraction of sp³-hybridized carbons (Fsp3) is 0.636. The van der Waals surface area contributed by atoms with Gasteiger partial charge in [-0.3, -0.25) is 0 Å². The Morgan fingerprint density at radius 1 is 1.47 bits per heavy atom. The van der Waals surface area contributed by atoms with Gasteiger partial charge in [0.25, 0.3) is 0 Å². The molecule has 0 radical (unpaired) electrons. The van der Waals surface area contributed by atoms with Gasteiger partial charge < -0.3 is 4.52 Å². The molecule has 0 bridgehead atoms. The van der Waals surface area contributed by atoms with E-state index >= 15 is 0 Å². The van der Waals surface area contributed by atoms with E-state index in [4.69, 9.17) is 16.1 Å². The fourth-order valence-electron chi connectivity index (χ4n) is 1.75. The summed E-state index contributed by atoms with van der Waals surface area (Å²) in [4.78, 5) is 4.30. The third-order valence-corrected chi connectivity index (χ3v) is 3.17. The van der Waals surface area contributed by atoms with E-state index in [1.807, 2.05) is 6.08 Å². The van der Waals surface area contributed by atoms with Gasteiger partial charge >= 0.3 is 0 Å². The van der Waals surface area contributed by atoms with Crippen molar-refractivity contribution < 1.29 is 4.52 Å². The molecule has 0 aliphatic heterocycles.